The third kappa shape index (κ3) is 2.91. The number of hydrazine groups is 1. The number of hydrogen-bond acceptors (Lipinski definition) is 7. The van der Waals surface area contributed by atoms with Gasteiger partial charge in [0.1, 0.15) is 5.82 Å². The summed E-state index contributed by atoms with van der Waals surface area (Å²) in [5.41, 5.74) is 3.22. The number of H-pyrrole nitrogens is 1. The van der Waals surface area contributed by atoms with Gasteiger partial charge in [0, 0.05) is 32.7 Å². The Morgan fingerprint density at radius 1 is 1.29 bits per heavy atom. The molecule has 0 aromatic carbocycles. The summed E-state index contributed by atoms with van der Waals surface area (Å²) in [6, 6.07) is 0. The normalized spacial score (nSPS) is 16.9. The molecule has 0 atom stereocenters. The van der Waals surface area contributed by atoms with Crippen LogP contribution in [0.2, 0.25) is 0 Å². The smallest absolute Gasteiger partial charge is 0.241 e. The van der Waals surface area contributed by atoms with Crippen LogP contribution in [0.1, 0.15) is 13.8 Å². The molecule has 1 saturated heterocycles. The SMILES string of the molecule is CC(C)CN1CCN(c2nc(NN)nc3[nH]ncc23)CC1. The van der Waals surface area contributed by atoms with Crippen molar-refractivity contribution in [3.8, 4) is 0 Å². The minimum Gasteiger partial charge on any atom is -0.353 e. The molecule has 0 amide bonds. The van der Waals surface area contributed by atoms with E-state index in [-0.39, 0.29) is 0 Å². The maximum atomic E-state index is 5.45. The molecule has 2 aromatic rings. The number of nitrogens with one attached hydrogen (secondary N) is 2. The Labute approximate surface area is 123 Å². The molecule has 0 unspecified atom stereocenters. The zero-order valence-corrected chi connectivity index (χ0v) is 12.5. The van der Waals surface area contributed by atoms with E-state index in [4.69, 9.17) is 5.84 Å². The maximum absolute atomic E-state index is 5.45. The van der Waals surface area contributed by atoms with E-state index in [0.29, 0.717) is 17.5 Å². The molecule has 8 nitrogen and oxygen atoms in total. The summed E-state index contributed by atoms with van der Waals surface area (Å²) >= 11 is 0. The molecule has 114 valence electrons. The van der Waals surface area contributed by atoms with Crippen molar-refractivity contribution in [1.29, 1.82) is 0 Å². The summed E-state index contributed by atoms with van der Waals surface area (Å²) < 4.78 is 0. The molecule has 0 bridgehead atoms. The van der Waals surface area contributed by atoms with Crippen molar-refractivity contribution >= 4 is 22.8 Å². The number of rotatable bonds is 4. The van der Waals surface area contributed by atoms with Crippen LogP contribution in [0.3, 0.4) is 0 Å². The molecule has 0 aliphatic carbocycles. The average molecular weight is 290 g/mol. The number of nitrogens with zero attached hydrogens (tertiary/aromatic N) is 5. The molecule has 1 aliphatic rings. The predicted molar refractivity (Wildman–Crippen MR) is 83.0 cm³/mol. The summed E-state index contributed by atoms with van der Waals surface area (Å²) in [7, 11) is 0. The third-order valence-corrected chi connectivity index (χ3v) is 3.71. The molecule has 0 spiro atoms. The Kier molecular flexibility index (Phi) is 3.89. The molecule has 8 heteroatoms. The molecular weight excluding hydrogens is 268 g/mol. The van der Waals surface area contributed by atoms with Crippen LogP contribution < -0.4 is 16.2 Å². The van der Waals surface area contributed by atoms with Crippen LogP contribution >= 0.6 is 0 Å². The Hall–Kier alpha value is -1.93. The number of anilines is 2. The first kappa shape index (κ1) is 14.0. The van der Waals surface area contributed by atoms with E-state index in [1.54, 1.807) is 6.20 Å². The summed E-state index contributed by atoms with van der Waals surface area (Å²) in [5, 5.41) is 7.86. The lowest BCUT2D eigenvalue weighted by Crippen LogP contribution is -2.47. The monoisotopic (exact) mass is 290 g/mol. The highest BCUT2D eigenvalue weighted by molar-refractivity contribution is 5.87. The first-order chi connectivity index (χ1) is 10.2. The number of nitrogens with two attached hydrogens (primary N) is 1. The molecule has 2 aromatic heterocycles. The summed E-state index contributed by atoms with van der Waals surface area (Å²) in [6.07, 6.45) is 1.77. The lowest BCUT2D eigenvalue weighted by atomic mass is 10.2. The minimum absolute atomic E-state index is 0.409. The number of nitrogen functional groups attached to an aromatic ring is 1. The number of fused-ring (bicyclic) bond motifs is 1. The number of hydrogen-bond donors (Lipinski definition) is 3. The largest absolute Gasteiger partial charge is 0.353 e. The van der Waals surface area contributed by atoms with Crippen molar-refractivity contribution in [2.75, 3.05) is 43.0 Å². The Morgan fingerprint density at radius 3 is 2.71 bits per heavy atom. The lowest BCUT2D eigenvalue weighted by Gasteiger charge is -2.36. The van der Waals surface area contributed by atoms with Gasteiger partial charge < -0.3 is 4.90 Å². The third-order valence-electron chi connectivity index (χ3n) is 3.71. The van der Waals surface area contributed by atoms with Crippen LogP contribution in [0.25, 0.3) is 11.0 Å². The molecular formula is C13H22N8. The van der Waals surface area contributed by atoms with Gasteiger partial charge in [0.15, 0.2) is 5.65 Å². The maximum Gasteiger partial charge on any atom is 0.241 e. The van der Waals surface area contributed by atoms with Crippen molar-refractivity contribution in [3.63, 3.8) is 0 Å². The van der Waals surface area contributed by atoms with E-state index < -0.39 is 0 Å². The summed E-state index contributed by atoms with van der Waals surface area (Å²) in [5.74, 6) is 7.45. The van der Waals surface area contributed by atoms with Crippen LogP contribution in [0, 0.1) is 5.92 Å². The highest BCUT2D eigenvalue weighted by Gasteiger charge is 2.21. The van der Waals surface area contributed by atoms with E-state index >= 15 is 0 Å². The zero-order chi connectivity index (χ0) is 14.8. The fourth-order valence-electron chi connectivity index (χ4n) is 2.78. The van der Waals surface area contributed by atoms with Crippen LogP contribution in [0.15, 0.2) is 6.20 Å². The Morgan fingerprint density at radius 2 is 2.05 bits per heavy atom. The summed E-state index contributed by atoms with van der Waals surface area (Å²) in [6.45, 7) is 9.66. The topological polar surface area (TPSA) is 99.0 Å². The van der Waals surface area contributed by atoms with Crippen molar-refractivity contribution in [3.05, 3.63) is 6.20 Å². The molecule has 0 radical (unpaired) electrons. The molecule has 3 rings (SSSR count). The number of aromatic nitrogens is 4. The van der Waals surface area contributed by atoms with E-state index in [9.17, 15) is 0 Å². The second kappa shape index (κ2) is 5.82. The van der Waals surface area contributed by atoms with Crippen molar-refractivity contribution < 1.29 is 0 Å². The van der Waals surface area contributed by atoms with Gasteiger partial charge in [0.25, 0.3) is 0 Å². The van der Waals surface area contributed by atoms with Crippen molar-refractivity contribution in [2.24, 2.45) is 11.8 Å². The lowest BCUT2D eigenvalue weighted by molar-refractivity contribution is 0.231. The van der Waals surface area contributed by atoms with Gasteiger partial charge in [-0.2, -0.15) is 15.1 Å². The van der Waals surface area contributed by atoms with Gasteiger partial charge >= 0.3 is 0 Å². The highest BCUT2D eigenvalue weighted by Crippen LogP contribution is 2.24. The molecule has 3 heterocycles. The predicted octanol–water partition coefficient (Wildman–Crippen LogP) is 0.417. The van der Waals surface area contributed by atoms with Crippen LogP contribution in [-0.4, -0.2) is 57.8 Å². The molecule has 21 heavy (non-hydrogen) atoms. The van der Waals surface area contributed by atoms with Gasteiger partial charge in [-0.15, -0.1) is 0 Å². The van der Waals surface area contributed by atoms with E-state index in [1.807, 2.05) is 0 Å². The van der Waals surface area contributed by atoms with Crippen molar-refractivity contribution in [2.45, 2.75) is 13.8 Å². The van der Waals surface area contributed by atoms with Gasteiger partial charge in [0.2, 0.25) is 5.95 Å². The van der Waals surface area contributed by atoms with Gasteiger partial charge in [-0.05, 0) is 5.92 Å². The quantitative estimate of drug-likeness (QED) is 0.554. The first-order valence-corrected chi connectivity index (χ1v) is 7.32. The molecule has 1 fully saturated rings. The second-order valence-corrected chi connectivity index (χ2v) is 5.83. The Bertz CT molecular complexity index is 599. The molecule has 4 N–H and O–H groups in total. The first-order valence-electron chi connectivity index (χ1n) is 7.32. The van der Waals surface area contributed by atoms with Crippen molar-refractivity contribution in [1.82, 2.24) is 25.1 Å². The fraction of sp³-hybridized carbons (Fsp3) is 0.615. The van der Waals surface area contributed by atoms with E-state index in [1.165, 1.54) is 0 Å². The summed E-state index contributed by atoms with van der Waals surface area (Å²) in [4.78, 5) is 13.5. The Balaban J connectivity index is 1.80. The second-order valence-electron chi connectivity index (χ2n) is 5.83. The highest BCUT2D eigenvalue weighted by atomic mass is 15.3. The van der Waals surface area contributed by atoms with Gasteiger partial charge in [-0.1, -0.05) is 13.8 Å². The average Bonchev–Trinajstić information content (AvgIpc) is 2.94. The van der Waals surface area contributed by atoms with E-state index in [2.05, 4.69) is 49.2 Å². The van der Waals surface area contributed by atoms with Gasteiger partial charge in [0.05, 0.1) is 11.6 Å². The zero-order valence-electron chi connectivity index (χ0n) is 12.5. The van der Waals surface area contributed by atoms with Gasteiger partial charge in [-0.25, -0.2) is 5.84 Å². The minimum atomic E-state index is 0.409. The molecule has 1 aliphatic heterocycles. The number of aromatic amines is 1. The van der Waals surface area contributed by atoms with Crippen LogP contribution in [-0.2, 0) is 0 Å². The standard InChI is InChI=1S/C13H22N8/c1-9(2)8-20-3-5-21(6-4-20)12-10-7-15-19-11(10)16-13(17-12)18-14/h7,9H,3-6,8,14H2,1-2H3,(H2,15,16,17,18,19). The molecule has 0 saturated carbocycles. The number of piperazine rings is 1. The van der Waals surface area contributed by atoms with Crippen LogP contribution in [0.5, 0.6) is 0 Å². The van der Waals surface area contributed by atoms with E-state index in [0.717, 1.165) is 43.9 Å². The van der Waals surface area contributed by atoms with Crippen LogP contribution in [0.4, 0.5) is 11.8 Å². The van der Waals surface area contributed by atoms with Gasteiger partial charge in [-0.3, -0.25) is 15.4 Å². The fourth-order valence-corrected chi connectivity index (χ4v) is 2.78.